The van der Waals surface area contributed by atoms with Gasteiger partial charge in [-0.3, -0.25) is 0 Å². The topological polar surface area (TPSA) is 29.5 Å². The molecule has 1 rings (SSSR count). The van der Waals surface area contributed by atoms with Crippen LogP contribution in [0.4, 0.5) is 0 Å². The maximum atomic E-state index is 10.1. The van der Waals surface area contributed by atoms with Crippen LogP contribution >= 0.6 is 0 Å². The Hall–Kier alpha value is -1.02. The van der Waals surface area contributed by atoms with Gasteiger partial charge in [-0.1, -0.05) is 39.0 Å². The minimum absolute atomic E-state index is 0.00655. The van der Waals surface area contributed by atoms with Crippen molar-refractivity contribution in [2.45, 2.75) is 45.6 Å². The third kappa shape index (κ3) is 2.56. The Morgan fingerprint density at radius 1 is 1.00 bits per heavy atom. The molecular formula is C14H22O2. The van der Waals surface area contributed by atoms with Gasteiger partial charge in [0.1, 0.15) is 5.75 Å². The maximum absolute atomic E-state index is 10.1. The summed E-state index contributed by atoms with van der Waals surface area (Å²) in [6, 6.07) is 5.93. The first kappa shape index (κ1) is 13.0. The molecule has 0 atom stereocenters. The van der Waals surface area contributed by atoms with Gasteiger partial charge in [0.25, 0.3) is 0 Å². The molecule has 0 saturated heterocycles. The van der Waals surface area contributed by atoms with Gasteiger partial charge in [0.05, 0.1) is 12.7 Å². The van der Waals surface area contributed by atoms with Crippen molar-refractivity contribution in [3.63, 3.8) is 0 Å². The van der Waals surface area contributed by atoms with E-state index in [4.69, 9.17) is 4.74 Å². The molecule has 1 N–H and O–H groups in total. The highest BCUT2D eigenvalue weighted by Gasteiger charge is 2.26. The summed E-state index contributed by atoms with van der Waals surface area (Å²) in [4.78, 5) is 0. The van der Waals surface area contributed by atoms with Crippen molar-refractivity contribution in [3.8, 4) is 5.75 Å². The molecular weight excluding hydrogens is 200 g/mol. The Labute approximate surface area is 98.3 Å². The molecule has 0 unspecified atom stereocenters. The van der Waals surface area contributed by atoms with Crippen LogP contribution in [0.1, 0.15) is 45.7 Å². The minimum atomic E-state index is -0.882. The van der Waals surface area contributed by atoms with E-state index in [1.165, 1.54) is 0 Å². The lowest BCUT2D eigenvalue weighted by Crippen LogP contribution is -2.20. The second-order valence-electron chi connectivity index (χ2n) is 5.70. The number of para-hydroxylation sites is 1. The van der Waals surface area contributed by atoms with E-state index in [0.717, 1.165) is 16.9 Å². The van der Waals surface area contributed by atoms with Crippen LogP contribution in [0, 0.1) is 0 Å². The molecule has 0 bridgehead atoms. The number of hydrogen-bond donors (Lipinski definition) is 1. The van der Waals surface area contributed by atoms with Crippen molar-refractivity contribution >= 4 is 0 Å². The first-order valence-corrected chi connectivity index (χ1v) is 5.58. The van der Waals surface area contributed by atoms with E-state index in [0.29, 0.717) is 0 Å². The van der Waals surface area contributed by atoms with Gasteiger partial charge in [-0.15, -0.1) is 0 Å². The van der Waals surface area contributed by atoms with Crippen LogP contribution in [-0.4, -0.2) is 12.2 Å². The highest BCUT2D eigenvalue weighted by Crippen LogP contribution is 2.38. The molecule has 1 aromatic carbocycles. The van der Waals surface area contributed by atoms with E-state index in [1.54, 1.807) is 21.0 Å². The van der Waals surface area contributed by atoms with Gasteiger partial charge < -0.3 is 9.84 Å². The standard InChI is InChI=1S/C14H22O2/c1-13(2,3)10-8-7-9-11(12(10)16-6)14(4,5)15/h7-9,15H,1-6H3. The van der Waals surface area contributed by atoms with Crippen LogP contribution in [-0.2, 0) is 11.0 Å². The first-order valence-electron chi connectivity index (χ1n) is 5.58. The van der Waals surface area contributed by atoms with E-state index < -0.39 is 5.60 Å². The zero-order valence-electron chi connectivity index (χ0n) is 11.1. The molecule has 0 saturated carbocycles. The number of benzene rings is 1. The van der Waals surface area contributed by atoms with Gasteiger partial charge in [0.15, 0.2) is 0 Å². The van der Waals surface area contributed by atoms with E-state index >= 15 is 0 Å². The number of hydrogen-bond acceptors (Lipinski definition) is 2. The summed E-state index contributed by atoms with van der Waals surface area (Å²) >= 11 is 0. The third-order valence-electron chi connectivity index (χ3n) is 2.69. The lowest BCUT2D eigenvalue weighted by Gasteiger charge is -2.27. The Balaban J connectivity index is 3.45. The molecule has 0 aliphatic carbocycles. The second-order valence-corrected chi connectivity index (χ2v) is 5.70. The van der Waals surface area contributed by atoms with Gasteiger partial charge in [0, 0.05) is 5.56 Å². The normalized spacial score (nSPS) is 12.7. The van der Waals surface area contributed by atoms with Gasteiger partial charge in [0.2, 0.25) is 0 Å². The SMILES string of the molecule is COc1c(C(C)(C)C)cccc1C(C)(C)O. The fraction of sp³-hybridized carbons (Fsp3) is 0.571. The van der Waals surface area contributed by atoms with Crippen molar-refractivity contribution in [1.82, 2.24) is 0 Å². The first-order chi connectivity index (χ1) is 7.18. The molecule has 0 fully saturated rings. The average molecular weight is 222 g/mol. The lowest BCUT2D eigenvalue weighted by molar-refractivity contribution is 0.0753. The van der Waals surface area contributed by atoms with Crippen LogP contribution in [0.2, 0.25) is 0 Å². The summed E-state index contributed by atoms with van der Waals surface area (Å²) in [5.74, 6) is 0.794. The molecule has 0 amide bonds. The van der Waals surface area contributed by atoms with E-state index in [9.17, 15) is 5.11 Å². The van der Waals surface area contributed by atoms with Gasteiger partial charge >= 0.3 is 0 Å². The molecule has 1 aromatic rings. The van der Waals surface area contributed by atoms with E-state index in [2.05, 4.69) is 20.8 Å². The van der Waals surface area contributed by atoms with Crippen molar-refractivity contribution in [2.24, 2.45) is 0 Å². The van der Waals surface area contributed by atoms with Crippen LogP contribution in [0.5, 0.6) is 5.75 Å². The minimum Gasteiger partial charge on any atom is -0.496 e. The molecule has 2 nitrogen and oxygen atoms in total. The summed E-state index contributed by atoms with van der Waals surface area (Å²) < 4.78 is 5.47. The van der Waals surface area contributed by atoms with Crippen molar-refractivity contribution in [3.05, 3.63) is 29.3 Å². The molecule has 0 spiro atoms. The highest BCUT2D eigenvalue weighted by molar-refractivity contribution is 5.47. The quantitative estimate of drug-likeness (QED) is 0.832. The fourth-order valence-corrected chi connectivity index (χ4v) is 1.83. The summed E-state index contributed by atoms with van der Waals surface area (Å²) in [7, 11) is 1.65. The Morgan fingerprint density at radius 3 is 1.88 bits per heavy atom. The van der Waals surface area contributed by atoms with Crippen molar-refractivity contribution in [2.75, 3.05) is 7.11 Å². The fourth-order valence-electron chi connectivity index (χ4n) is 1.83. The summed E-state index contributed by atoms with van der Waals surface area (Å²) in [5.41, 5.74) is 1.08. The maximum Gasteiger partial charge on any atom is 0.128 e. The number of rotatable bonds is 2. The van der Waals surface area contributed by atoms with Crippen LogP contribution < -0.4 is 4.74 Å². The van der Waals surface area contributed by atoms with Gasteiger partial charge in [-0.2, -0.15) is 0 Å². The van der Waals surface area contributed by atoms with Crippen molar-refractivity contribution < 1.29 is 9.84 Å². The number of aliphatic hydroxyl groups is 1. The zero-order chi connectivity index (χ0) is 12.6. The predicted octanol–water partition coefficient (Wildman–Crippen LogP) is 3.22. The molecule has 16 heavy (non-hydrogen) atoms. The second kappa shape index (κ2) is 4.10. The van der Waals surface area contributed by atoms with Gasteiger partial charge in [-0.05, 0) is 24.8 Å². The monoisotopic (exact) mass is 222 g/mol. The Morgan fingerprint density at radius 2 is 1.50 bits per heavy atom. The summed E-state index contributed by atoms with van der Waals surface area (Å²) in [6.07, 6.45) is 0. The predicted molar refractivity (Wildman–Crippen MR) is 66.9 cm³/mol. The molecule has 2 heteroatoms. The van der Waals surface area contributed by atoms with E-state index in [1.807, 2.05) is 18.2 Å². The number of methoxy groups -OCH3 is 1. The third-order valence-corrected chi connectivity index (χ3v) is 2.69. The highest BCUT2D eigenvalue weighted by atomic mass is 16.5. The largest absolute Gasteiger partial charge is 0.496 e. The molecule has 0 radical (unpaired) electrons. The average Bonchev–Trinajstić information content (AvgIpc) is 2.13. The lowest BCUT2D eigenvalue weighted by atomic mass is 9.83. The Kier molecular flexibility index (Phi) is 3.34. The van der Waals surface area contributed by atoms with Crippen LogP contribution in [0.15, 0.2) is 18.2 Å². The number of ether oxygens (including phenoxy) is 1. The molecule has 0 aliphatic heterocycles. The molecule has 0 aliphatic rings. The summed E-state index contributed by atoms with van der Waals surface area (Å²) in [5, 5.41) is 10.1. The smallest absolute Gasteiger partial charge is 0.128 e. The van der Waals surface area contributed by atoms with Crippen LogP contribution in [0.3, 0.4) is 0 Å². The summed E-state index contributed by atoms with van der Waals surface area (Å²) in [6.45, 7) is 9.96. The zero-order valence-corrected chi connectivity index (χ0v) is 11.1. The molecule has 0 heterocycles. The Bertz CT molecular complexity index is 335. The van der Waals surface area contributed by atoms with Crippen LogP contribution in [0.25, 0.3) is 0 Å². The molecule has 0 aromatic heterocycles. The van der Waals surface area contributed by atoms with Gasteiger partial charge in [-0.25, -0.2) is 0 Å². The van der Waals surface area contributed by atoms with Crippen molar-refractivity contribution in [1.29, 1.82) is 0 Å². The molecule has 90 valence electrons. The van der Waals surface area contributed by atoms with E-state index in [-0.39, 0.29) is 5.41 Å².